The topological polar surface area (TPSA) is 49.8 Å². The van der Waals surface area contributed by atoms with Gasteiger partial charge in [0, 0.05) is 32.8 Å². The summed E-state index contributed by atoms with van der Waals surface area (Å²) in [6.07, 6.45) is 0.965. The first-order valence-electron chi connectivity index (χ1n) is 6.50. The van der Waals surface area contributed by atoms with Gasteiger partial charge in [-0.2, -0.15) is 0 Å². The van der Waals surface area contributed by atoms with Gasteiger partial charge in [0.2, 0.25) is 0 Å². The standard InChI is InChI=1S/C13H27NO3/c1-5-17-8-6-7-14(9-11(2)3)10-12(4)13(15)16/h11-12H,5-10H2,1-4H3,(H,15,16). The summed E-state index contributed by atoms with van der Waals surface area (Å²) in [6.45, 7) is 12.0. The molecule has 4 heteroatoms. The first-order chi connectivity index (χ1) is 7.97. The zero-order valence-electron chi connectivity index (χ0n) is 11.6. The molecule has 0 bridgehead atoms. The van der Waals surface area contributed by atoms with Crippen LogP contribution in [0.2, 0.25) is 0 Å². The normalized spacial score (nSPS) is 13.3. The molecule has 0 aliphatic heterocycles. The van der Waals surface area contributed by atoms with Crippen LogP contribution in [0.4, 0.5) is 0 Å². The number of nitrogens with zero attached hydrogens (tertiary/aromatic N) is 1. The van der Waals surface area contributed by atoms with Gasteiger partial charge in [-0.1, -0.05) is 20.8 Å². The summed E-state index contributed by atoms with van der Waals surface area (Å²) >= 11 is 0. The minimum Gasteiger partial charge on any atom is -0.481 e. The van der Waals surface area contributed by atoms with Gasteiger partial charge in [0.15, 0.2) is 0 Å². The highest BCUT2D eigenvalue weighted by Crippen LogP contribution is 2.05. The van der Waals surface area contributed by atoms with Crippen LogP contribution in [-0.4, -0.2) is 48.8 Å². The van der Waals surface area contributed by atoms with Crippen LogP contribution in [0.3, 0.4) is 0 Å². The van der Waals surface area contributed by atoms with E-state index in [1.54, 1.807) is 6.92 Å². The molecule has 0 aromatic heterocycles. The summed E-state index contributed by atoms with van der Waals surface area (Å²) < 4.78 is 5.30. The molecule has 17 heavy (non-hydrogen) atoms. The van der Waals surface area contributed by atoms with Crippen LogP contribution in [0.15, 0.2) is 0 Å². The Morgan fingerprint density at radius 1 is 1.29 bits per heavy atom. The zero-order chi connectivity index (χ0) is 13.3. The number of carboxylic acid groups (broad SMARTS) is 1. The van der Waals surface area contributed by atoms with Crippen LogP contribution in [0.1, 0.15) is 34.1 Å². The Bertz CT molecular complexity index is 207. The molecule has 0 saturated heterocycles. The minimum absolute atomic E-state index is 0.305. The molecule has 1 unspecified atom stereocenters. The van der Waals surface area contributed by atoms with Crippen molar-refractivity contribution in [3.8, 4) is 0 Å². The molecule has 0 spiro atoms. The summed E-state index contributed by atoms with van der Waals surface area (Å²) in [5, 5.41) is 8.92. The van der Waals surface area contributed by atoms with Crippen LogP contribution in [0.25, 0.3) is 0 Å². The average molecular weight is 245 g/mol. The second-order valence-corrected chi connectivity index (χ2v) is 4.94. The van der Waals surface area contributed by atoms with Gasteiger partial charge in [0.05, 0.1) is 5.92 Å². The lowest BCUT2D eigenvalue weighted by atomic mass is 10.1. The summed E-state index contributed by atoms with van der Waals surface area (Å²) in [4.78, 5) is 13.1. The van der Waals surface area contributed by atoms with Crippen LogP contribution in [0, 0.1) is 11.8 Å². The largest absolute Gasteiger partial charge is 0.481 e. The number of ether oxygens (including phenoxy) is 1. The van der Waals surface area contributed by atoms with Gasteiger partial charge in [0.25, 0.3) is 0 Å². The average Bonchev–Trinajstić information content (AvgIpc) is 2.23. The lowest BCUT2D eigenvalue weighted by Crippen LogP contribution is -2.35. The second-order valence-electron chi connectivity index (χ2n) is 4.94. The van der Waals surface area contributed by atoms with Gasteiger partial charge in [-0.05, 0) is 19.3 Å². The number of aliphatic carboxylic acids is 1. The van der Waals surface area contributed by atoms with E-state index in [-0.39, 0.29) is 5.92 Å². The van der Waals surface area contributed by atoms with Gasteiger partial charge < -0.3 is 14.7 Å². The smallest absolute Gasteiger partial charge is 0.307 e. The number of carboxylic acids is 1. The monoisotopic (exact) mass is 245 g/mol. The molecule has 1 atom stereocenters. The highest BCUT2D eigenvalue weighted by atomic mass is 16.5. The molecular formula is C13H27NO3. The van der Waals surface area contributed by atoms with Gasteiger partial charge in [-0.15, -0.1) is 0 Å². The van der Waals surface area contributed by atoms with Crippen molar-refractivity contribution in [2.45, 2.75) is 34.1 Å². The minimum atomic E-state index is -0.719. The Kier molecular flexibility index (Phi) is 9.09. The molecule has 0 aromatic rings. The molecule has 0 aliphatic rings. The molecule has 0 rings (SSSR count). The summed E-state index contributed by atoms with van der Waals surface area (Å²) in [7, 11) is 0. The molecule has 0 aliphatic carbocycles. The quantitative estimate of drug-likeness (QED) is 0.599. The third-order valence-corrected chi connectivity index (χ3v) is 2.54. The Labute approximate surface area is 105 Å². The van der Waals surface area contributed by atoms with E-state index in [2.05, 4.69) is 18.7 Å². The van der Waals surface area contributed by atoms with Gasteiger partial charge in [-0.25, -0.2) is 0 Å². The number of hydrogen-bond donors (Lipinski definition) is 1. The van der Waals surface area contributed by atoms with Crippen molar-refractivity contribution in [3.63, 3.8) is 0 Å². The number of rotatable bonds is 10. The molecule has 0 radical (unpaired) electrons. The fourth-order valence-electron chi connectivity index (χ4n) is 1.77. The highest BCUT2D eigenvalue weighted by molar-refractivity contribution is 5.69. The van der Waals surface area contributed by atoms with E-state index in [9.17, 15) is 4.79 Å². The third-order valence-electron chi connectivity index (χ3n) is 2.54. The molecular weight excluding hydrogens is 218 g/mol. The van der Waals surface area contributed by atoms with Crippen molar-refractivity contribution in [1.82, 2.24) is 4.90 Å². The van der Waals surface area contributed by atoms with Crippen molar-refractivity contribution in [3.05, 3.63) is 0 Å². The highest BCUT2D eigenvalue weighted by Gasteiger charge is 2.16. The molecule has 4 nitrogen and oxygen atoms in total. The summed E-state index contributed by atoms with van der Waals surface area (Å²) in [6, 6.07) is 0. The maximum absolute atomic E-state index is 10.8. The zero-order valence-corrected chi connectivity index (χ0v) is 11.6. The maximum Gasteiger partial charge on any atom is 0.307 e. The number of hydrogen-bond acceptors (Lipinski definition) is 3. The van der Waals surface area contributed by atoms with Crippen molar-refractivity contribution >= 4 is 5.97 Å². The van der Waals surface area contributed by atoms with E-state index < -0.39 is 5.97 Å². The molecule has 0 heterocycles. The molecule has 1 N–H and O–H groups in total. The van der Waals surface area contributed by atoms with Crippen molar-refractivity contribution in [1.29, 1.82) is 0 Å². The van der Waals surface area contributed by atoms with Gasteiger partial charge in [-0.3, -0.25) is 4.79 Å². The molecule has 102 valence electrons. The van der Waals surface area contributed by atoms with Gasteiger partial charge in [0.1, 0.15) is 0 Å². The van der Waals surface area contributed by atoms with Gasteiger partial charge >= 0.3 is 5.97 Å². The Morgan fingerprint density at radius 2 is 1.94 bits per heavy atom. The van der Waals surface area contributed by atoms with Crippen LogP contribution < -0.4 is 0 Å². The Balaban J connectivity index is 4.00. The first kappa shape index (κ1) is 16.4. The Hall–Kier alpha value is -0.610. The lowest BCUT2D eigenvalue weighted by molar-refractivity contribution is -0.141. The van der Waals surface area contributed by atoms with E-state index in [1.807, 2.05) is 6.92 Å². The van der Waals surface area contributed by atoms with E-state index in [4.69, 9.17) is 9.84 Å². The fourth-order valence-corrected chi connectivity index (χ4v) is 1.77. The van der Waals surface area contributed by atoms with Crippen LogP contribution in [-0.2, 0) is 9.53 Å². The number of carbonyl (C=O) groups is 1. The molecule has 0 fully saturated rings. The second kappa shape index (κ2) is 9.42. The Morgan fingerprint density at radius 3 is 2.41 bits per heavy atom. The van der Waals surface area contributed by atoms with E-state index in [0.717, 1.165) is 32.7 Å². The van der Waals surface area contributed by atoms with Crippen LogP contribution in [0.5, 0.6) is 0 Å². The van der Waals surface area contributed by atoms with Crippen LogP contribution >= 0.6 is 0 Å². The first-order valence-corrected chi connectivity index (χ1v) is 6.50. The van der Waals surface area contributed by atoms with Crippen molar-refractivity contribution in [2.75, 3.05) is 32.8 Å². The lowest BCUT2D eigenvalue weighted by Gasteiger charge is -2.25. The van der Waals surface area contributed by atoms with Crippen molar-refractivity contribution in [2.24, 2.45) is 11.8 Å². The fraction of sp³-hybridized carbons (Fsp3) is 0.923. The maximum atomic E-state index is 10.8. The molecule has 0 saturated carbocycles. The SMILES string of the molecule is CCOCCCN(CC(C)C)CC(C)C(=O)O. The molecule has 0 aromatic carbocycles. The predicted molar refractivity (Wildman–Crippen MR) is 69.2 cm³/mol. The van der Waals surface area contributed by atoms with Crippen molar-refractivity contribution < 1.29 is 14.6 Å². The van der Waals surface area contributed by atoms with E-state index in [1.165, 1.54) is 0 Å². The summed E-state index contributed by atoms with van der Waals surface area (Å²) in [5.74, 6) is -0.465. The molecule has 0 amide bonds. The van der Waals surface area contributed by atoms with E-state index >= 15 is 0 Å². The predicted octanol–water partition coefficient (Wildman–Crippen LogP) is 2.09. The van der Waals surface area contributed by atoms with E-state index in [0.29, 0.717) is 12.5 Å². The summed E-state index contributed by atoms with van der Waals surface area (Å²) in [5.41, 5.74) is 0. The third kappa shape index (κ3) is 9.12.